The van der Waals surface area contributed by atoms with Gasteiger partial charge >= 0.3 is 0 Å². The molecule has 0 radical (unpaired) electrons. The lowest BCUT2D eigenvalue weighted by molar-refractivity contribution is -0.0333. The second kappa shape index (κ2) is 5.49. The average Bonchev–Trinajstić information content (AvgIpc) is 2.33. The van der Waals surface area contributed by atoms with Crippen LogP contribution in [0.2, 0.25) is 0 Å². The Morgan fingerprint density at radius 2 is 2.18 bits per heavy atom. The van der Waals surface area contributed by atoms with Gasteiger partial charge in [-0.05, 0) is 24.6 Å². The van der Waals surface area contributed by atoms with Gasteiger partial charge in [-0.1, -0.05) is 12.1 Å². The van der Waals surface area contributed by atoms with Crippen molar-refractivity contribution in [2.45, 2.75) is 19.1 Å². The van der Waals surface area contributed by atoms with Crippen LogP contribution in [0.3, 0.4) is 0 Å². The summed E-state index contributed by atoms with van der Waals surface area (Å²) < 4.78 is 5.54. The molecule has 0 bridgehead atoms. The maximum absolute atomic E-state index is 9.30. The molecule has 94 valence electrons. The molecule has 1 saturated heterocycles. The molecule has 1 aromatic rings. The van der Waals surface area contributed by atoms with E-state index in [4.69, 9.17) is 10.5 Å². The molecule has 17 heavy (non-hydrogen) atoms. The van der Waals surface area contributed by atoms with E-state index in [0.29, 0.717) is 12.3 Å². The molecule has 2 unspecified atom stereocenters. The van der Waals surface area contributed by atoms with Crippen molar-refractivity contribution in [3.8, 4) is 5.75 Å². The van der Waals surface area contributed by atoms with E-state index in [9.17, 15) is 5.11 Å². The first-order chi connectivity index (χ1) is 8.20. The van der Waals surface area contributed by atoms with Crippen molar-refractivity contribution >= 4 is 0 Å². The summed E-state index contributed by atoms with van der Waals surface area (Å²) >= 11 is 0. The number of benzene rings is 1. The lowest BCUT2D eigenvalue weighted by atomic mass is 10.0. The van der Waals surface area contributed by atoms with Crippen molar-refractivity contribution in [3.63, 3.8) is 0 Å². The standard InChI is InChI=1S/C13H20N2O2/c1-10-9-15(6-7-17-10)13(8-14)11-2-4-12(16)5-3-11/h2-5,10,13,16H,6-9,14H2,1H3. The van der Waals surface area contributed by atoms with Crippen LogP contribution < -0.4 is 5.73 Å². The van der Waals surface area contributed by atoms with E-state index in [1.165, 1.54) is 0 Å². The highest BCUT2D eigenvalue weighted by molar-refractivity contribution is 5.28. The fourth-order valence-electron chi connectivity index (χ4n) is 2.32. The van der Waals surface area contributed by atoms with Crippen LogP contribution in [-0.4, -0.2) is 42.4 Å². The van der Waals surface area contributed by atoms with Crippen LogP contribution in [0.15, 0.2) is 24.3 Å². The average molecular weight is 236 g/mol. The van der Waals surface area contributed by atoms with Gasteiger partial charge in [0.05, 0.1) is 12.7 Å². The largest absolute Gasteiger partial charge is 0.508 e. The molecule has 1 aromatic carbocycles. The van der Waals surface area contributed by atoms with E-state index in [1.807, 2.05) is 12.1 Å². The van der Waals surface area contributed by atoms with E-state index in [0.717, 1.165) is 25.3 Å². The van der Waals surface area contributed by atoms with Crippen molar-refractivity contribution in [1.29, 1.82) is 0 Å². The number of phenols is 1. The summed E-state index contributed by atoms with van der Waals surface area (Å²) in [7, 11) is 0. The van der Waals surface area contributed by atoms with Gasteiger partial charge in [0, 0.05) is 25.7 Å². The Bertz CT molecular complexity index is 353. The summed E-state index contributed by atoms with van der Waals surface area (Å²) in [6.45, 7) is 5.24. The number of aromatic hydroxyl groups is 1. The number of nitrogens with zero attached hydrogens (tertiary/aromatic N) is 1. The van der Waals surface area contributed by atoms with Crippen LogP contribution >= 0.6 is 0 Å². The van der Waals surface area contributed by atoms with Crippen LogP contribution in [0.4, 0.5) is 0 Å². The van der Waals surface area contributed by atoms with Gasteiger partial charge < -0.3 is 15.6 Å². The number of ether oxygens (including phenoxy) is 1. The Hall–Kier alpha value is -1.10. The zero-order valence-electron chi connectivity index (χ0n) is 10.2. The van der Waals surface area contributed by atoms with Crippen molar-refractivity contribution < 1.29 is 9.84 Å². The zero-order valence-corrected chi connectivity index (χ0v) is 10.2. The summed E-state index contributed by atoms with van der Waals surface area (Å²) in [6.07, 6.45) is 0.259. The topological polar surface area (TPSA) is 58.7 Å². The van der Waals surface area contributed by atoms with Gasteiger partial charge in [0.1, 0.15) is 5.75 Å². The molecule has 0 amide bonds. The number of rotatable bonds is 3. The summed E-state index contributed by atoms with van der Waals surface area (Å²) in [5.41, 5.74) is 7.03. The number of morpholine rings is 1. The van der Waals surface area contributed by atoms with E-state index in [-0.39, 0.29) is 12.1 Å². The number of hydrogen-bond acceptors (Lipinski definition) is 4. The molecule has 1 heterocycles. The summed E-state index contributed by atoms with van der Waals surface area (Å²) in [5.74, 6) is 0.292. The molecule has 1 aliphatic rings. The molecule has 2 atom stereocenters. The normalized spacial score (nSPS) is 23.5. The third kappa shape index (κ3) is 2.97. The lowest BCUT2D eigenvalue weighted by Gasteiger charge is -2.37. The van der Waals surface area contributed by atoms with Gasteiger partial charge in [-0.2, -0.15) is 0 Å². The zero-order chi connectivity index (χ0) is 12.3. The molecular formula is C13H20N2O2. The molecular weight excluding hydrogens is 216 g/mol. The van der Waals surface area contributed by atoms with Crippen molar-refractivity contribution in [2.24, 2.45) is 5.73 Å². The SMILES string of the molecule is CC1CN(C(CN)c2ccc(O)cc2)CCO1. The van der Waals surface area contributed by atoms with E-state index < -0.39 is 0 Å². The maximum atomic E-state index is 9.30. The van der Waals surface area contributed by atoms with Crippen molar-refractivity contribution in [2.75, 3.05) is 26.2 Å². The Balaban J connectivity index is 2.12. The maximum Gasteiger partial charge on any atom is 0.115 e. The number of hydrogen-bond donors (Lipinski definition) is 2. The van der Waals surface area contributed by atoms with E-state index in [2.05, 4.69) is 11.8 Å². The molecule has 2 rings (SSSR count). The molecule has 3 N–H and O–H groups in total. The molecule has 4 heteroatoms. The second-order valence-electron chi connectivity index (χ2n) is 4.52. The highest BCUT2D eigenvalue weighted by Crippen LogP contribution is 2.23. The van der Waals surface area contributed by atoms with Gasteiger partial charge in [-0.3, -0.25) is 4.90 Å². The van der Waals surface area contributed by atoms with Gasteiger partial charge in [0.15, 0.2) is 0 Å². The smallest absolute Gasteiger partial charge is 0.115 e. The van der Waals surface area contributed by atoms with Crippen LogP contribution in [0, 0.1) is 0 Å². The highest BCUT2D eigenvalue weighted by atomic mass is 16.5. The Kier molecular flexibility index (Phi) is 3.99. The highest BCUT2D eigenvalue weighted by Gasteiger charge is 2.24. The predicted octanol–water partition coefficient (Wildman–Crippen LogP) is 1.11. The van der Waals surface area contributed by atoms with Gasteiger partial charge in [-0.25, -0.2) is 0 Å². The molecule has 0 aromatic heterocycles. The molecule has 0 aliphatic carbocycles. The quantitative estimate of drug-likeness (QED) is 0.825. The summed E-state index contributed by atoms with van der Waals surface area (Å²) in [4.78, 5) is 2.35. The number of phenolic OH excluding ortho intramolecular Hbond substituents is 1. The van der Waals surface area contributed by atoms with Crippen molar-refractivity contribution in [3.05, 3.63) is 29.8 Å². The summed E-state index contributed by atoms with van der Waals surface area (Å²) in [5, 5.41) is 9.30. The minimum absolute atomic E-state index is 0.210. The molecule has 0 saturated carbocycles. The van der Waals surface area contributed by atoms with Crippen LogP contribution in [0.5, 0.6) is 5.75 Å². The Morgan fingerprint density at radius 3 is 2.76 bits per heavy atom. The summed E-state index contributed by atoms with van der Waals surface area (Å²) in [6, 6.07) is 7.51. The second-order valence-corrected chi connectivity index (χ2v) is 4.52. The van der Waals surface area contributed by atoms with Crippen LogP contribution in [0.25, 0.3) is 0 Å². The monoisotopic (exact) mass is 236 g/mol. The Morgan fingerprint density at radius 1 is 1.47 bits per heavy atom. The van der Waals surface area contributed by atoms with Crippen LogP contribution in [0.1, 0.15) is 18.5 Å². The lowest BCUT2D eigenvalue weighted by Crippen LogP contribution is -2.45. The van der Waals surface area contributed by atoms with Gasteiger partial charge in [0.2, 0.25) is 0 Å². The minimum atomic E-state index is 0.210. The molecule has 1 fully saturated rings. The van der Waals surface area contributed by atoms with Gasteiger partial charge in [0.25, 0.3) is 0 Å². The fraction of sp³-hybridized carbons (Fsp3) is 0.538. The number of nitrogens with two attached hydrogens (primary N) is 1. The minimum Gasteiger partial charge on any atom is -0.508 e. The third-order valence-corrected chi connectivity index (χ3v) is 3.21. The molecule has 4 nitrogen and oxygen atoms in total. The first-order valence-electron chi connectivity index (χ1n) is 6.05. The van der Waals surface area contributed by atoms with E-state index >= 15 is 0 Å². The molecule has 1 aliphatic heterocycles. The third-order valence-electron chi connectivity index (χ3n) is 3.21. The van der Waals surface area contributed by atoms with Crippen LogP contribution in [-0.2, 0) is 4.74 Å². The van der Waals surface area contributed by atoms with Gasteiger partial charge in [-0.15, -0.1) is 0 Å². The predicted molar refractivity (Wildman–Crippen MR) is 66.9 cm³/mol. The fourth-order valence-corrected chi connectivity index (χ4v) is 2.32. The van der Waals surface area contributed by atoms with Crippen molar-refractivity contribution in [1.82, 2.24) is 4.90 Å². The first-order valence-corrected chi connectivity index (χ1v) is 6.05. The molecule has 0 spiro atoms. The first kappa shape index (κ1) is 12.4. The van der Waals surface area contributed by atoms with E-state index in [1.54, 1.807) is 12.1 Å². The Labute approximate surface area is 102 Å².